The Balaban J connectivity index is 2.18. The minimum Gasteiger partial charge on any atom is -0.478 e. The SMILES string of the molecule is O=C(O)c1cccc(CS(=O)(=O)N(CCO)C2CCC2)c1. The Labute approximate surface area is 124 Å². The topological polar surface area (TPSA) is 94.9 Å². The van der Waals surface area contributed by atoms with Gasteiger partial charge in [-0.2, -0.15) is 4.31 Å². The van der Waals surface area contributed by atoms with Gasteiger partial charge in [0.2, 0.25) is 10.0 Å². The van der Waals surface area contributed by atoms with Gasteiger partial charge >= 0.3 is 5.97 Å². The molecule has 0 aliphatic heterocycles. The van der Waals surface area contributed by atoms with Gasteiger partial charge in [0.1, 0.15) is 0 Å². The molecule has 116 valence electrons. The number of carboxylic acid groups (broad SMARTS) is 1. The molecular weight excluding hydrogens is 294 g/mol. The van der Waals surface area contributed by atoms with E-state index in [2.05, 4.69) is 0 Å². The van der Waals surface area contributed by atoms with Crippen molar-refractivity contribution in [3.8, 4) is 0 Å². The van der Waals surface area contributed by atoms with E-state index in [1.54, 1.807) is 6.07 Å². The van der Waals surface area contributed by atoms with E-state index in [-0.39, 0.29) is 30.5 Å². The summed E-state index contributed by atoms with van der Waals surface area (Å²) in [6.07, 6.45) is 2.62. The fourth-order valence-corrected chi connectivity index (χ4v) is 4.20. The van der Waals surface area contributed by atoms with Crippen molar-refractivity contribution < 1.29 is 23.4 Å². The summed E-state index contributed by atoms with van der Waals surface area (Å²) >= 11 is 0. The molecule has 0 aromatic heterocycles. The van der Waals surface area contributed by atoms with E-state index in [9.17, 15) is 13.2 Å². The number of aliphatic hydroxyl groups is 1. The number of carboxylic acids is 1. The Hall–Kier alpha value is -1.44. The molecule has 1 aromatic carbocycles. The summed E-state index contributed by atoms with van der Waals surface area (Å²) in [5.74, 6) is -1.33. The second-order valence-electron chi connectivity index (χ2n) is 5.18. The summed E-state index contributed by atoms with van der Waals surface area (Å²) in [5, 5.41) is 18.0. The first-order valence-corrected chi connectivity index (χ1v) is 8.47. The summed E-state index contributed by atoms with van der Waals surface area (Å²) in [6, 6.07) is 5.90. The molecule has 0 bridgehead atoms. The molecule has 0 unspecified atom stereocenters. The summed E-state index contributed by atoms with van der Waals surface area (Å²) in [5.41, 5.74) is 0.511. The van der Waals surface area contributed by atoms with Gasteiger partial charge in [0.15, 0.2) is 0 Å². The van der Waals surface area contributed by atoms with Crippen LogP contribution in [-0.4, -0.2) is 48.1 Å². The van der Waals surface area contributed by atoms with Crippen LogP contribution in [0.25, 0.3) is 0 Å². The van der Waals surface area contributed by atoms with Crippen molar-refractivity contribution in [3.05, 3.63) is 35.4 Å². The highest BCUT2D eigenvalue weighted by Crippen LogP contribution is 2.28. The largest absolute Gasteiger partial charge is 0.478 e. The Morgan fingerprint density at radius 1 is 1.33 bits per heavy atom. The smallest absolute Gasteiger partial charge is 0.335 e. The zero-order chi connectivity index (χ0) is 15.5. The molecule has 21 heavy (non-hydrogen) atoms. The monoisotopic (exact) mass is 313 g/mol. The van der Waals surface area contributed by atoms with Gasteiger partial charge in [-0.05, 0) is 30.5 Å². The highest BCUT2D eigenvalue weighted by molar-refractivity contribution is 7.88. The molecule has 1 aromatic rings. The van der Waals surface area contributed by atoms with Crippen LogP contribution in [-0.2, 0) is 15.8 Å². The third-order valence-corrected chi connectivity index (χ3v) is 5.58. The second-order valence-corrected chi connectivity index (χ2v) is 7.10. The van der Waals surface area contributed by atoms with E-state index in [1.807, 2.05) is 0 Å². The Bertz CT molecular complexity index is 610. The van der Waals surface area contributed by atoms with Crippen LogP contribution in [0.4, 0.5) is 0 Å². The summed E-state index contributed by atoms with van der Waals surface area (Å²) in [6.45, 7) is -0.128. The van der Waals surface area contributed by atoms with E-state index in [4.69, 9.17) is 10.2 Å². The first-order valence-electron chi connectivity index (χ1n) is 6.86. The normalized spacial score (nSPS) is 15.9. The molecule has 0 saturated heterocycles. The van der Waals surface area contributed by atoms with E-state index < -0.39 is 16.0 Å². The van der Waals surface area contributed by atoms with E-state index in [0.29, 0.717) is 5.56 Å². The van der Waals surface area contributed by atoms with Gasteiger partial charge in [0, 0.05) is 12.6 Å². The minimum absolute atomic E-state index is 0.0372. The lowest BCUT2D eigenvalue weighted by molar-refractivity contribution is 0.0696. The van der Waals surface area contributed by atoms with Gasteiger partial charge in [-0.25, -0.2) is 13.2 Å². The minimum atomic E-state index is -3.56. The van der Waals surface area contributed by atoms with Gasteiger partial charge in [-0.1, -0.05) is 18.6 Å². The zero-order valence-electron chi connectivity index (χ0n) is 11.6. The number of rotatable bonds is 7. The van der Waals surface area contributed by atoms with Crippen LogP contribution in [0, 0.1) is 0 Å². The van der Waals surface area contributed by atoms with Crippen LogP contribution >= 0.6 is 0 Å². The number of aromatic carboxylic acids is 1. The van der Waals surface area contributed by atoms with Gasteiger partial charge in [0.25, 0.3) is 0 Å². The summed E-state index contributed by atoms with van der Waals surface area (Å²) < 4.78 is 26.3. The maximum Gasteiger partial charge on any atom is 0.335 e. The lowest BCUT2D eigenvalue weighted by Gasteiger charge is -2.36. The number of benzene rings is 1. The maximum absolute atomic E-state index is 12.5. The lowest BCUT2D eigenvalue weighted by Crippen LogP contribution is -2.46. The fraction of sp³-hybridized carbons (Fsp3) is 0.500. The number of hydrogen-bond acceptors (Lipinski definition) is 4. The number of sulfonamides is 1. The Morgan fingerprint density at radius 2 is 2.05 bits per heavy atom. The van der Waals surface area contributed by atoms with Crippen LogP contribution in [0.2, 0.25) is 0 Å². The second kappa shape index (κ2) is 6.55. The Morgan fingerprint density at radius 3 is 2.57 bits per heavy atom. The summed E-state index contributed by atoms with van der Waals surface area (Å²) in [4.78, 5) is 10.9. The third kappa shape index (κ3) is 3.81. The number of carbonyl (C=O) groups is 1. The van der Waals surface area contributed by atoms with E-state index in [0.717, 1.165) is 19.3 Å². The van der Waals surface area contributed by atoms with Crippen LogP contribution in [0.3, 0.4) is 0 Å². The number of hydrogen-bond donors (Lipinski definition) is 2. The predicted molar refractivity (Wildman–Crippen MR) is 77.5 cm³/mol. The van der Waals surface area contributed by atoms with Crippen molar-refractivity contribution in [3.63, 3.8) is 0 Å². The number of nitrogens with zero attached hydrogens (tertiary/aromatic N) is 1. The van der Waals surface area contributed by atoms with E-state index >= 15 is 0 Å². The molecule has 0 atom stereocenters. The number of aliphatic hydroxyl groups excluding tert-OH is 1. The van der Waals surface area contributed by atoms with Crippen molar-refractivity contribution in [2.45, 2.75) is 31.1 Å². The van der Waals surface area contributed by atoms with Crippen LogP contribution < -0.4 is 0 Å². The van der Waals surface area contributed by atoms with Crippen LogP contribution in [0.5, 0.6) is 0 Å². The molecule has 0 spiro atoms. The van der Waals surface area contributed by atoms with Crippen LogP contribution in [0.15, 0.2) is 24.3 Å². The molecule has 7 heteroatoms. The van der Waals surface area contributed by atoms with Crippen LogP contribution in [0.1, 0.15) is 35.2 Å². The van der Waals surface area contributed by atoms with Crippen molar-refractivity contribution in [2.75, 3.05) is 13.2 Å². The molecule has 2 N–H and O–H groups in total. The Kier molecular flexibility index (Phi) is 4.97. The van der Waals surface area contributed by atoms with Gasteiger partial charge < -0.3 is 10.2 Å². The molecular formula is C14H19NO5S. The lowest BCUT2D eigenvalue weighted by atomic mass is 9.93. The molecule has 1 fully saturated rings. The van der Waals surface area contributed by atoms with Crippen molar-refractivity contribution in [1.82, 2.24) is 4.31 Å². The molecule has 6 nitrogen and oxygen atoms in total. The molecule has 2 rings (SSSR count). The molecule has 1 aliphatic carbocycles. The average Bonchev–Trinajstić information content (AvgIpc) is 2.36. The molecule has 0 heterocycles. The first kappa shape index (κ1) is 15.9. The van der Waals surface area contributed by atoms with Crippen molar-refractivity contribution in [2.24, 2.45) is 0 Å². The maximum atomic E-state index is 12.5. The van der Waals surface area contributed by atoms with Gasteiger partial charge in [-0.15, -0.1) is 0 Å². The van der Waals surface area contributed by atoms with Crippen molar-refractivity contribution >= 4 is 16.0 Å². The van der Waals surface area contributed by atoms with E-state index in [1.165, 1.54) is 22.5 Å². The zero-order valence-corrected chi connectivity index (χ0v) is 12.4. The molecule has 1 aliphatic rings. The first-order chi connectivity index (χ1) is 9.94. The molecule has 0 radical (unpaired) electrons. The third-order valence-electron chi connectivity index (χ3n) is 3.68. The predicted octanol–water partition coefficient (Wildman–Crippen LogP) is 1.06. The van der Waals surface area contributed by atoms with Crippen molar-refractivity contribution in [1.29, 1.82) is 0 Å². The highest BCUT2D eigenvalue weighted by atomic mass is 32.2. The summed E-state index contributed by atoms with van der Waals surface area (Å²) in [7, 11) is -3.56. The quantitative estimate of drug-likeness (QED) is 0.785. The van der Waals surface area contributed by atoms with Gasteiger partial charge in [-0.3, -0.25) is 0 Å². The average molecular weight is 313 g/mol. The standard InChI is InChI=1S/C14H19NO5S/c16-8-7-15(13-5-2-6-13)21(19,20)10-11-3-1-4-12(9-11)14(17)18/h1,3-4,9,13,16H,2,5-8,10H2,(H,17,18). The molecule has 1 saturated carbocycles. The van der Waals surface area contributed by atoms with Gasteiger partial charge in [0.05, 0.1) is 17.9 Å². The fourth-order valence-electron chi connectivity index (χ4n) is 2.41. The highest BCUT2D eigenvalue weighted by Gasteiger charge is 2.33. The molecule has 0 amide bonds.